The fourth-order valence-electron chi connectivity index (χ4n) is 2.14. The van der Waals surface area contributed by atoms with E-state index in [0.29, 0.717) is 30.3 Å². The lowest BCUT2D eigenvalue weighted by atomic mass is 10.3. The van der Waals surface area contributed by atoms with E-state index in [2.05, 4.69) is 11.9 Å². The van der Waals surface area contributed by atoms with Gasteiger partial charge in [0.25, 0.3) is 0 Å². The molecule has 0 spiro atoms. The normalized spacial score (nSPS) is 12.0. The van der Waals surface area contributed by atoms with E-state index in [4.69, 9.17) is 9.47 Å². The van der Waals surface area contributed by atoms with Crippen molar-refractivity contribution in [1.29, 1.82) is 0 Å². The number of hydrogen-bond acceptors (Lipinski definition) is 4. The number of nitrogens with one attached hydrogen (secondary N) is 1. The van der Waals surface area contributed by atoms with Gasteiger partial charge in [-0.15, -0.1) is 17.9 Å². The summed E-state index contributed by atoms with van der Waals surface area (Å²) in [6.45, 7) is 4.96. The maximum atomic E-state index is 12.4. The predicted molar refractivity (Wildman–Crippen MR) is 86.5 cm³/mol. The van der Waals surface area contributed by atoms with Gasteiger partial charge in [0.1, 0.15) is 0 Å². The van der Waals surface area contributed by atoms with Gasteiger partial charge < -0.3 is 19.7 Å². The maximum absolute atomic E-state index is 12.4. The first-order chi connectivity index (χ1) is 10.8. The van der Waals surface area contributed by atoms with Crippen molar-refractivity contribution in [2.75, 3.05) is 18.7 Å². The molecule has 0 unspecified atom stereocenters. The van der Waals surface area contributed by atoms with E-state index in [1.54, 1.807) is 40.5 Å². The summed E-state index contributed by atoms with van der Waals surface area (Å²) in [6.07, 6.45) is 1.72. The highest BCUT2D eigenvalue weighted by Crippen LogP contribution is 2.34. The van der Waals surface area contributed by atoms with Crippen LogP contribution in [0, 0.1) is 0 Å². The van der Waals surface area contributed by atoms with Crippen LogP contribution in [0.4, 0.5) is 10.5 Å². The highest BCUT2D eigenvalue weighted by molar-refractivity contribution is 7.09. The largest absolute Gasteiger partial charge is 0.454 e. The zero-order chi connectivity index (χ0) is 15.4. The molecule has 0 saturated carbocycles. The topological polar surface area (TPSA) is 50.8 Å². The molecule has 0 saturated heterocycles. The van der Waals surface area contributed by atoms with E-state index in [1.165, 1.54) is 0 Å². The second kappa shape index (κ2) is 6.53. The van der Waals surface area contributed by atoms with Crippen molar-refractivity contribution in [3.05, 3.63) is 53.2 Å². The van der Waals surface area contributed by atoms with Crippen molar-refractivity contribution >= 4 is 23.1 Å². The monoisotopic (exact) mass is 316 g/mol. The Labute approximate surface area is 132 Å². The number of ether oxygens (including phenoxy) is 2. The van der Waals surface area contributed by atoms with Crippen LogP contribution in [0.5, 0.6) is 11.5 Å². The predicted octanol–water partition coefficient (Wildman–Crippen LogP) is 3.70. The fraction of sp³-hybridized carbons (Fsp3) is 0.188. The third-order valence-corrected chi connectivity index (χ3v) is 4.05. The van der Waals surface area contributed by atoms with Crippen LogP contribution < -0.4 is 14.8 Å². The molecule has 1 aliphatic rings. The SMILES string of the molecule is C=CCN(Cc1cccs1)C(=O)Nc1ccc2c(c1)OCO2. The molecule has 2 amide bonds. The first kappa shape index (κ1) is 14.5. The third kappa shape index (κ3) is 3.23. The Kier molecular flexibility index (Phi) is 4.29. The van der Waals surface area contributed by atoms with Crippen molar-refractivity contribution in [2.24, 2.45) is 0 Å². The zero-order valence-electron chi connectivity index (χ0n) is 12.0. The molecule has 0 aliphatic carbocycles. The van der Waals surface area contributed by atoms with Crippen molar-refractivity contribution < 1.29 is 14.3 Å². The van der Waals surface area contributed by atoms with Crippen LogP contribution in [0.2, 0.25) is 0 Å². The summed E-state index contributed by atoms with van der Waals surface area (Å²) in [5.74, 6) is 1.34. The van der Waals surface area contributed by atoms with Crippen molar-refractivity contribution in [3.63, 3.8) is 0 Å². The Morgan fingerprint density at radius 3 is 3.00 bits per heavy atom. The number of benzene rings is 1. The minimum Gasteiger partial charge on any atom is -0.454 e. The second-order valence-corrected chi connectivity index (χ2v) is 5.78. The molecule has 1 N–H and O–H groups in total. The summed E-state index contributed by atoms with van der Waals surface area (Å²) in [6, 6.07) is 9.15. The highest BCUT2D eigenvalue weighted by atomic mass is 32.1. The van der Waals surface area contributed by atoms with Crippen LogP contribution in [0.25, 0.3) is 0 Å². The second-order valence-electron chi connectivity index (χ2n) is 4.75. The molecule has 5 nitrogen and oxygen atoms in total. The molecule has 2 aromatic rings. The van der Waals surface area contributed by atoms with Crippen LogP contribution >= 0.6 is 11.3 Å². The van der Waals surface area contributed by atoms with Gasteiger partial charge in [-0.05, 0) is 23.6 Å². The molecule has 0 radical (unpaired) electrons. The number of carbonyl (C=O) groups is 1. The molecule has 0 atom stereocenters. The molecule has 1 aromatic carbocycles. The molecular formula is C16H16N2O3S. The molecular weight excluding hydrogens is 300 g/mol. The van der Waals surface area contributed by atoms with Crippen LogP contribution in [0.1, 0.15) is 4.88 Å². The van der Waals surface area contributed by atoms with Crippen LogP contribution in [-0.4, -0.2) is 24.3 Å². The molecule has 0 bridgehead atoms. The number of nitrogens with zero attached hydrogens (tertiary/aromatic N) is 1. The first-order valence-electron chi connectivity index (χ1n) is 6.85. The Bertz CT molecular complexity index is 670. The number of rotatable bonds is 5. The Morgan fingerprint density at radius 2 is 2.23 bits per heavy atom. The Hall–Kier alpha value is -2.47. The van der Waals surface area contributed by atoms with Gasteiger partial charge in [-0.1, -0.05) is 12.1 Å². The maximum Gasteiger partial charge on any atom is 0.322 e. The molecule has 6 heteroatoms. The van der Waals surface area contributed by atoms with Crippen LogP contribution in [0.3, 0.4) is 0 Å². The number of amides is 2. The van der Waals surface area contributed by atoms with Crippen LogP contribution in [0.15, 0.2) is 48.4 Å². The van der Waals surface area contributed by atoms with Crippen LogP contribution in [-0.2, 0) is 6.54 Å². The molecule has 3 rings (SSSR count). The standard InChI is InChI=1S/C16H16N2O3S/c1-2-7-18(10-13-4-3-8-22-13)16(19)17-12-5-6-14-15(9-12)21-11-20-14/h2-6,8-9H,1,7,10-11H2,(H,17,19). The van der Waals surface area contributed by atoms with Gasteiger partial charge >= 0.3 is 6.03 Å². The average Bonchev–Trinajstić information content (AvgIpc) is 3.17. The number of hydrogen-bond donors (Lipinski definition) is 1. The van der Waals surface area contributed by atoms with E-state index in [-0.39, 0.29) is 12.8 Å². The summed E-state index contributed by atoms with van der Waals surface area (Å²) < 4.78 is 10.6. The summed E-state index contributed by atoms with van der Waals surface area (Å²) in [4.78, 5) is 15.3. The molecule has 2 heterocycles. The minimum absolute atomic E-state index is 0.174. The summed E-state index contributed by atoms with van der Waals surface area (Å²) in [7, 11) is 0. The van der Waals surface area contributed by atoms with Crippen molar-refractivity contribution in [1.82, 2.24) is 4.90 Å². The van der Waals surface area contributed by atoms with Gasteiger partial charge in [0.05, 0.1) is 6.54 Å². The minimum atomic E-state index is -0.174. The number of fused-ring (bicyclic) bond motifs is 1. The smallest absolute Gasteiger partial charge is 0.322 e. The van der Waals surface area contributed by atoms with E-state index in [9.17, 15) is 4.79 Å². The number of carbonyl (C=O) groups excluding carboxylic acids is 1. The van der Waals surface area contributed by atoms with Gasteiger partial charge in [-0.2, -0.15) is 0 Å². The van der Waals surface area contributed by atoms with Gasteiger partial charge in [0.15, 0.2) is 11.5 Å². The lowest BCUT2D eigenvalue weighted by Gasteiger charge is -2.21. The molecule has 1 aliphatic heterocycles. The number of thiophene rings is 1. The summed E-state index contributed by atoms with van der Waals surface area (Å²) in [5, 5.41) is 4.87. The van der Waals surface area contributed by atoms with Gasteiger partial charge in [-0.25, -0.2) is 4.79 Å². The molecule has 0 fully saturated rings. The van der Waals surface area contributed by atoms with E-state index in [1.807, 2.05) is 17.5 Å². The third-order valence-electron chi connectivity index (χ3n) is 3.19. The quantitative estimate of drug-likeness (QED) is 0.856. The van der Waals surface area contributed by atoms with E-state index < -0.39 is 0 Å². The van der Waals surface area contributed by atoms with E-state index in [0.717, 1.165) is 4.88 Å². The van der Waals surface area contributed by atoms with Crippen molar-refractivity contribution in [2.45, 2.75) is 6.54 Å². The Balaban J connectivity index is 1.69. The lowest BCUT2D eigenvalue weighted by Crippen LogP contribution is -2.34. The zero-order valence-corrected chi connectivity index (χ0v) is 12.8. The van der Waals surface area contributed by atoms with Gasteiger partial charge in [0.2, 0.25) is 6.79 Å². The highest BCUT2D eigenvalue weighted by Gasteiger charge is 2.17. The van der Waals surface area contributed by atoms with Crippen molar-refractivity contribution in [3.8, 4) is 11.5 Å². The van der Waals surface area contributed by atoms with E-state index >= 15 is 0 Å². The average molecular weight is 316 g/mol. The summed E-state index contributed by atoms with van der Waals surface area (Å²) in [5.41, 5.74) is 0.675. The number of anilines is 1. The summed E-state index contributed by atoms with van der Waals surface area (Å²) >= 11 is 1.62. The van der Waals surface area contributed by atoms with Gasteiger partial charge in [-0.3, -0.25) is 0 Å². The van der Waals surface area contributed by atoms with Gasteiger partial charge in [0, 0.05) is 23.2 Å². The Morgan fingerprint density at radius 1 is 1.36 bits per heavy atom. The number of urea groups is 1. The fourth-order valence-corrected chi connectivity index (χ4v) is 2.86. The molecule has 114 valence electrons. The molecule has 1 aromatic heterocycles. The molecule has 22 heavy (non-hydrogen) atoms. The first-order valence-corrected chi connectivity index (χ1v) is 7.73. The lowest BCUT2D eigenvalue weighted by molar-refractivity contribution is 0.174.